The third-order valence-corrected chi connectivity index (χ3v) is 7.98. The normalized spacial score (nSPS) is 11.3. The van der Waals surface area contributed by atoms with Crippen molar-refractivity contribution < 1.29 is 52.7 Å². The van der Waals surface area contributed by atoms with Gasteiger partial charge in [0.1, 0.15) is 24.7 Å². The molecule has 5 rings (SSSR count). The van der Waals surface area contributed by atoms with E-state index in [4.69, 9.17) is 23.7 Å². The predicted molar refractivity (Wildman–Crippen MR) is 184 cm³/mol. The molecule has 274 valence electrons. The van der Waals surface area contributed by atoms with Gasteiger partial charge in [-0.2, -0.15) is 0 Å². The maximum absolute atomic E-state index is 13.3. The zero-order chi connectivity index (χ0) is 37.9. The van der Waals surface area contributed by atoms with Crippen LogP contribution in [0, 0.1) is 20.2 Å². The first kappa shape index (κ1) is 37.2. The topological polar surface area (TPSA) is 207 Å². The van der Waals surface area contributed by atoms with Gasteiger partial charge in [-0.3, -0.25) is 25.0 Å². The Morgan fingerprint density at radius 3 is 1.51 bits per heavy atom. The van der Waals surface area contributed by atoms with Gasteiger partial charge in [-0.25, -0.2) is 14.4 Å². The Labute approximate surface area is 301 Å². The van der Waals surface area contributed by atoms with Crippen molar-refractivity contribution in [3.8, 4) is 22.6 Å². The van der Waals surface area contributed by atoms with Crippen LogP contribution in [-0.2, 0) is 19.0 Å². The highest BCUT2D eigenvalue weighted by Gasteiger charge is 2.32. The van der Waals surface area contributed by atoms with Crippen molar-refractivity contribution in [1.82, 2.24) is 9.80 Å². The van der Waals surface area contributed by atoms with Crippen LogP contribution in [0.5, 0.6) is 11.5 Å². The van der Waals surface area contributed by atoms with Gasteiger partial charge in [0.25, 0.3) is 11.4 Å². The fourth-order valence-corrected chi connectivity index (χ4v) is 5.30. The molecule has 0 atom stereocenters. The Kier molecular flexibility index (Phi) is 12.1. The molecule has 0 bridgehead atoms. The van der Waals surface area contributed by atoms with Crippen molar-refractivity contribution in [3.63, 3.8) is 0 Å². The standard InChI is InChI=1S/C36H32N4O13/c1-37(34(42)53-33-30-8-4-2-6-28(30)29-7-3-5-9-31(29)33)19-18-32(41)38(20-22-49-35(43)51-26-14-10-24(11-15-26)39(45)46)21-23-50-36(44)52-27-16-12-25(13-17-27)40(47)48/h2-17,33H,18-23H2,1H3. The highest BCUT2D eigenvalue weighted by Crippen LogP contribution is 2.45. The number of fused-ring (bicyclic) bond motifs is 3. The average Bonchev–Trinajstić information content (AvgIpc) is 3.46. The predicted octanol–water partition coefficient (Wildman–Crippen LogP) is 6.29. The second-order valence-corrected chi connectivity index (χ2v) is 11.4. The monoisotopic (exact) mass is 728 g/mol. The molecule has 0 unspecified atom stereocenters. The average molecular weight is 729 g/mol. The number of rotatable bonds is 14. The van der Waals surface area contributed by atoms with Crippen LogP contribution in [-0.4, -0.2) is 83.9 Å². The summed E-state index contributed by atoms with van der Waals surface area (Å²) in [6.07, 6.45) is -3.73. The number of non-ortho nitro benzene ring substituents is 2. The molecule has 0 spiro atoms. The molecule has 4 aromatic carbocycles. The van der Waals surface area contributed by atoms with E-state index in [2.05, 4.69) is 0 Å². The quantitative estimate of drug-likeness (QED) is 0.0460. The van der Waals surface area contributed by atoms with Gasteiger partial charge in [0.05, 0.1) is 22.9 Å². The highest BCUT2D eigenvalue weighted by molar-refractivity contribution is 5.80. The van der Waals surface area contributed by atoms with Crippen molar-refractivity contribution >= 4 is 35.7 Å². The SMILES string of the molecule is CN(CCC(=O)N(CCOC(=O)Oc1ccc([N+](=O)[O-])cc1)CCOC(=O)Oc1ccc([N+](=O)[O-])cc1)C(=O)OC1c2ccccc2-c2ccccc21. The van der Waals surface area contributed by atoms with Gasteiger partial charge in [-0.15, -0.1) is 0 Å². The van der Waals surface area contributed by atoms with Crippen LogP contribution in [0.15, 0.2) is 97.1 Å². The van der Waals surface area contributed by atoms with E-state index in [0.29, 0.717) is 0 Å². The smallest absolute Gasteiger partial charge is 0.436 e. The molecule has 0 saturated heterocycles. The largest absolute Gasteiger partial charge is 0.513 e. The van der Waals surface area contributed by atoms with Crippen molar-refractivity contribution in [1.29, 1.82) is 0 Å². The van der Waals surface area contributed by atoms with Gasteiger partial charge in [0, 0.05) is 55.4 Å². The molecule has 0 saturated carbocycles. The summed E-state index contributed by atoms with van der Waals surface area (Å²) in [7, 11) is 1.49. The zero-order valence-electron chi connectivity index (χ0n) is 28.2. The highest BCUT2D eigenvalue weighted by atomic mass is 16.7. The first-order valence-electron chi connectivity index (χ1n) is 16.1. The fraction of sp³-hybridized carbons (Fsp3) is 0.222. The number of amides is 2. The van der Waals surface area contributed by atoms with Crippen molar-refractivity contribution in [2.45, 2.75) is 12.5 Å². The van der Waals surface area contributed by atoms with E-state index < -0.39 is 40.3 Å². The number of carbonyl (C=O) groups excluding carboxylic acids is 4. The third-order valence-electron chi connectivity index (χ3n) is 7.98. The minimum atomic E-state index is -1.13. The first-order valence-corrected chi connectivity index (χ1v) is 16.1. The van der Waals surface area contributed by atoms with Crippen LogP contribution in [0.3, 0.4) is 0 Å². The summed E-state index contributed by atoms with van der Waals surface area (Å²) < 4.78 is 26.1. The molecule has 0 aromatic heterocycles. The summed E-state index contributed by atoms with van der Waals surface area (Å²) in [5.74, 6) is -0.498. The summed E-state index contributed by atoms with van der Waals surface area (Å²) in [6.45, 7) is -1.07. The molecule has 1 aliphatic rings. The Morgan fingerprint density at radius 1 is 0.642 bits per heavy atom. The molecule has 53 heavy (non-hydrogen) atoms. The Balaban J connectivity index is 1.15. The molecule has 17 heteroatoms. The van der Waals surface area contributed by atoms with Gasteiger partial charge in [-0.05, 0) is 35.4 Å². The molecule has 0 aliphatic heterocycles. The number of hydrogen-bond donors (Lipinski definition) is 0. The number of hydrogen-bond acceptors (Lipinski definition) is 13. The number of nitrogens with zero attached hydrogens (tertiary/aromatic N) is 4. The molecular formula is C36H32N4O13. The summed E-state index contributed by atoms with van der Waals surface area (Å²) >= 11 is 0. The van der Waals surface area contributed by atoms with Gasteiger partial charge in [-0.1, -0.05) is 48.5 Å². The molecule has 4 aromatic rings. The molecule has 1 aliphatic carbocycles. The maximum Gasteiger partial charge on any atom is 0.513 e. The number of nitro groups is 2. The van der Waals surface area contributed by atoms with Gasteiger partial charge in [0.2, 0.25) is 5.91 Å². The number of ether oxygens (including phenoxy) is 5. The zero-order valence-corrected chi connectivity index (χ0v) is 28.2. The molecule has 0 heterocycles. The molecule has 0 radical (unpaired) electrons. The molecule has 2 amide bonds. The van der Waals surface area contributed by atoms with E-state index in [1.807, 2.05) is 48.5 Å². The fourth-order valence-electron chi connectivity index (χ4n) is 5.30. The van der Waals surface area contributed by atoms with Crippen molar-refractivity contribution in [2.24, 2.45) is 0 Å². The number of benzene rings is 4. The summed E-state index contributed by atoms with van der Waals surface area (Å²) in [4.78, 5) is 74.0. The Bertz CT molecular complexity index is 1860. The first-order chi connectivity index (χ1) is 25.5. The van der Waals surface area contributed by atoms with Crippen LogP contribution in [0.25, 0.3) is 11.1 Å². The minimum absolute atomic E-state index is 0.00651. The second kappa shape index (κ2) is 17.3. The molecule has 0 fully saturated rings. The molecular weight excluding hydrogens is 696 g/mol. The minimum Gasteiger partial charge on any atom is -0.436 e. The lowest BCUT2D eigenvalue weighted by atomic mass is 10.1. The molecule has 17 nitrogen and oxygen atoms in total. The maximum atomic E-state index is 13.3. The Hall–Kier alpha value is -7.04. The Morgan fingerprint density at radius 2 is 1.08 bits per heavy atom. The molecule has 0 N–H and O–H groups in total. The van der Waals surface area contributed by atoms with E-state index in [1.165, 1.54) is 41.1 Å². The van der Waals surface area contributed by atoms with Crippen LogP contribution in [0.2, 0.25) is 0 Å². The van der Waals surface area contributed by atoms with Crippen LogP contribution in [0.4, 0.5) is 25.8 Å². The van der Waals surface area contributed by atoms with Crippen molar-refractivity contribution in [3.05, 3.63) is 128 Å². The summed E-state index contributed by atoms with van der Waals surface area (Å²) in [5.41, 5.74) is 3.21. The van der Waals surface area contributed by atoms with E-state index in [1.54, 1.807) is 0 Å². The van der Waals surface area contributed by atoms with E-state index in [9.17, 15) is 39.4 Å². The lowest BCUT2D eigenvalue weighted by molar-refractivity contribution is -0.385. The number of carbonyl (C=O) groups is 4. The summed E-state index contributed by atoms with van der Waals surface area (Å²) in [5, 5.41) is 21.7. The van der Waals surface area contributed by atoms with Crippen LogP contribution in [0.1, 0.15) is 23.7 Å². The van der Waals surface area contributed by atoms with Gasteiger partial charge >= 0.3 is 18.4 Å². The number of nitro benzene ring substituents is 2. The van der Waals surface area contributed by atoms with Crippen LogP contribution >= 0.6 is 0 Å². The third kappa shape index (κ3) is 9.81. The summed E-state index contributed by atoms with van der Waals surface area (Å²) in [6, 6.07) is 24.7. The van der Waals surface area contributed by atoms with Crippen LogP contribution < -0.4 is 9.47 Å². The lowest BCUT2D eigenvalue weighted by Gasteiger charge is -2.25. The second-order valence-electron chi connectivity index (χ2n) is 11.4. The lowest BCUT2D eigenvalue weighted by Crippen LogP contribution is -2.40. The van der Waals surface area contributed by atoms with Gasteiger partial charge < -0.3 is 33.5 Å². The van der Waals surface area contributed by atoms with Gasteiger partial charge in [0.15, 0.2) is 6.10 Å². The van der Waals surface area contributed by atoms with Crippen molar-refractivity contribution in [2.75, 3.05) is 39.9 Å². The van der Waals surface area contributed by atoms with E-state index in [0.717, 1.165) is 46.5 Å². The van der Waals surface area contributed by atoms with E-state index in [-0.39, 0.29) is 62.1 Å². The van der Waals surface area contributed by atoms with E-state index >= 15 is 0 Å².